The summed E-state index contributed by atoms with van der Waals surface area (Å²) >= 11 is 0. The highest BCUT2D eigenvalue weighted by atomic mass is 16.6. The highest BCUT2D eigenvalue weighted by Crippen LogP contribution is 2.39. The maximum absolute atomic E-state index is 12.6. The van der Waals surface area contributed by atoms with Crippen LogP contribution in [0.5, 0.6) is 0 Å². The Kier molecular flexibility index (Phi) is 4.17. The molecule has 7 nitrogen and oxygen atoms in total. The van der Waals surface area contributed by atoms with Crippen LogP contribution < -0.4 is 5.32 Å². The monoisotopic (exact) mass is 330 g/mol. The third kappa shape index (κ3) is 3.20. The van der Waals surface area contributed by atoms with Crippen molar-refractivity contribution in [3.8, 4) is 0 Å². The molecule has 1 amide bonds. The lowest BCUT2D eigenvalue weighted by atomic mass is 10.1. The van der Waals surface area contributed by atoms with Crippen LogP contribution in [0.15, 0.2) is 28.7 Å². The average Bonchev–Trinajstić information content (AvgIpc) is 3.09. The number of hydrogen-bond donors (Lipinski definition) is 1. The molecular weight excluding hydrogens is 308 g/mol. The number of carbonyl (C=O) groups is 1. The van der Waals surface area contributed by atoms with Crippen molar-refractivity contribution >= 4 is 12.1 Å². The zero-order valence-corrected chi connectivity index (χ0v) is 14.4. The second-order valence-electron chi connectivity index (χ2n) is 6.69. The first kappa shape index (κ1) is 16.3. The van der Waals surface area contributed by atoms with Crippen LogP contribution in [0.25, 0.3) is 0 Å². The molecule has 2 heterocycles. The van der Waals surface area contributed by atoms with Gasteiger partial charge in [0.05, 0.1) is 6.54 Å². The molecule has 0 saturated heterocycles. The van der Waals surface area contributed by atoms with E-state index in [0.717, 1.165) is 11.1 Å². The van der Waals surface area contributed by atoms with Crippen LogP contribution in [-0.2, 0) is 11.3 Å². The van der Waals surface area contributed by atoms with E-state index >= 15 is 0 Å². The summed E-state index contributed by atoms with van der Waals surface area (Å²) in [5.41, 5.74) is 1.46. The van der Waals surface area contributed by atoms with Gasteiger partial charge in [0.2, 0.25) is 5.89 Å². The first-order valence-corrected chi connectivity index (χ1v) is 8.03. The van der Waals surface area contributed by atoms with Gasteiger partial charge in [0.25, 0.3) is 0 Å². The highest BCUT2D eigenvalue weighted by Gasteiger charge is 2.40. The number of benzene rings is 1. The second kappa shape index (κ2) is 6.14. The smallest absolute Gasteiger partial charge is 0.411 e. The minimum absolute atomic E-state index is 0.348. The van der Waals surface area contributed by atoms with Gasteiger partial charge in [0.15, 0.2) is 0 Å². The summed E-state index contributed by atoms with van der Waals surface area (Å²) in [5, 5.41) is 11.1. The molecule has 24 heavy (non-hydrogen) atoms. The Morgan fingerprint density at radius 2 is 2.12 bits per heavy atom. The summed E-state index contributed by atoms with van der Waals surface area (Å²) in [6, 6.07) is 7.77. The molecule has 0 saturated carbocycles. The zero-order valence-electron chi connectivity index (χ0n) is 14.4. The Morgan fingerprint density at radius 1 is 1.38 bits per heavy atom. The van der Waals surface area contributed by atoms with E-state index in [-0.39, 0.29) is 0 Å². The first-order chi connectivity index (χ1) is 11.4. The number of fused-ring (bicyclic) bond motifs is 1. The molecule has 128 valence electrons. The standard InChI is InChI=1S/C17H22N4O3/c1-5-18-15-20-19-14(23-15)13-12-9-7-6-8-11(12)10-21(13)16(22)24-17(2,3)4/h6-9,13H,5,10H2,1-4H3,(H,18,20). The van der Waals surface area contributed by atoms with E-state index in [1.165, 1.54) is 0 Å². The molecule has 0 radical (unpaired) electrons. The third-order valence-corrected chi connectivity index (χ3v) is 3.63. The molecule has 2 aromatic rings. The van der Waals surface area contributed by atoms with E-state index in [2.05, 4.69) is 15.5 Å². The Bertz CT molecular complexity index is 735. The lowest BCUT2D eigenvalue weighted by Crippen LogP contribution is -2.36. The number of hydrogen-bond acceptors (Lipinski definition) is 6. The second-order valence-corrected chi connectivity index (χ2v) is 6.69. The van der Waals surface area contributed by atoms with E-state index in [9.17, 15) is 4.79 Å². The number of ether oxygens (including phenoxy) is 1. The molecule has 3 rings (SSSR count). The number of carbonyl (C=O) groups excluding carboxylic acids is 1. The van der Waals surface area contributed by atoms with E-state index in [1.54, 1.807) is 4.90 Å². The van der Waals surface area contributed by atoms with Gasteiger partial charge in [0, 0.05) is 6.54 Å². The predicted molar refractivity (Wildman–Crippen MR) is 88.5 cm³/mol. The Morgan fingerprint density at radius 3 is 2.83 bits per heavy atom. The fourth-order valence-corrected chi connectivity index (χ4v) is 2.71. The minimum Gasteiger partial charge on any atom is -0.444 e. The summed E-state index contributed by atoms with van der Waals surface area (Å²) in [4.78, 5) is 14.3. The summed E-state index contributed by atoms with van der Waals surface area (Å²) in [7, 11) is 0. The highest BCUT2D eigenvalue weighted by molar-refractivity contribution is 5.71. The van der Waals surface area contributed by atoms with Gasteiger partial charge in [-0.25, -0.2) is 4.79 Å². The Hall–Kier alpha value is -2.57. The van der Waals surface area contributed by atoms with Crippen molar-refractivity contribution in [2.45, 2.75) is 45.9 Å². The molecule has 0 fully saturated rings. The number of rotatable bonds is 3. The SMILES string of the molecule is CCNc1nnc(C2c3ccccc3CN2C(=O)OC(C)(C)C)o1. The van der Waals surface area contributed by atoms with Gasteiger partial charge in [-0.3, -0.25) is 4.90 Å². The topological polar surface area (TPSA) is 80.5 Å². The molecule has 1 N–H and O–H groups in total. The molecule has 7 heteroatoms. The van der Waals surface area contributed by atoms with Gasteiger partial charge in [-0.05, 0) is 38.8 Å². The number of amides is 1. The molecule has 0 aliphatic carbocycles. The van der Waals surface area contributed by atoms with Gasteiger partial charge >= 0.3 is 12.1 Å². The average molecular weight is 330 g/mol. The van der Waals surface area contributed by atoms with Crippen molar-refractivity contribution in [1.29, 1.82) is 0 Å². The van der Waals surface area contributed by atoms with Crippen LogP contribution in [0.1, 0.15) is 50.8 Å². The quantitative estimate of drug-likeness (QED) is 0.929. The fourth-order valence-electron chi connectivity index (χ4n) is 2.71. The zero-order chi connectivity index (χ0) is 17.3. The Labute approximate surface area is 141 Å². The summed E-state index contributed by atoms with van der Waals surface area (Å²) in [6.07, 6.45) is -0.396. The molecule has 1 atom stereocenters. The van der Waals surface area contributed by atoms with E-state index in [1.807, 2.05) is 52.0 Å². The summed E-state index contributed by atoms with van der Waals surface area (Å²) in [5.74, 6) is 0.377. The number of anilines is 1. The van der Waals surface area contributed by atoms with Gasteiger partial charge in [0.1, 0.15) is 11.6 Å². The van der Waals surface area contributed by atoms with Crippen LogP contribution in [0.3, 0.4) is 0 Å². The normalized spacial score (nSPS) is 16.8. The lowest BCUT2D eigenvalue weighted by molar-refractivity contribution is 0.0183. The van der Waals surface area contributed by atoms with Crippen molar-refractivity contribution in [2.75, 3.05) is 11.9 Å². The fraction of sp³-hybridized carbons (Fsp3) is 0.471. The molecular formula is C17H22N4O3. The van der Waals surface area contributed by atoms with Gasteiger partial charge in [-0.15, -0.1) is 5.10 Å². The minimum atomic E-state index is -0.569. The molecule has 1 unspecified atom stereocenters. The number of aromatic nitrogens is 2. The van der Waals surface area contributed by atoms with Gasteiger partial charge in [-0.1, -0.05) is 29.4 Å². The molecule has 0 spiro atoms. The van der Waals surface area contributed by atoms with E-state index in [0.29, 0.717) is 25.0 Å². The van der Waals surface area contributed by atoms with E-state index in [4.69, 9.17) is 9.15 Å². The molecule has 1 aliphatic heterocycles. The predicted octanol–water partition coefficient (Wildman–Crippen LogP) is 3.34. The van der Waals surface area contributed by atoms with Crippen molar-refractivity contribution < 1.29 is 13.9 Å². The maximum atomic E-state index is 12.6. The molecule has 1 aliphatic rings. The van der Waals surface area contributed by atoms with Crippen LogP contribution in [0, 0.1) is 0 Å². The number of nitrogens with zero attached hydrogens (tertiary/aromatic N) is 3. The van der Waals surface area contributed by atoms with Crippen LogP contribution >= 0.6 is 0 Å². The first-order valence-electron chi connectivity index (χ1n) is 8.03. The van der Waals surface area contributed by atoms with Crippen LogP contribution in [0.4, 0.5) is 10.8 Å². The van der Waals surface area contributed by atoms with Crippen molar-refractivity contribution in [3.63, 3.8) is 0 Å². The largest absolute Gasteiger partial charge is 0.444 e. The van der Waals surface area contributed by atoms with Gasteiger partial charge in [-0.2, -0.15) is 0 Å². The van der Waals surface area contributed by atoms with Crippen molar-refractivity contribution in [3.05, 3.63) is 41.3 Å². The summed E-state index contributed by atoms with van der Waals surface area (Å²) < 4.78 is 11.2. The molecule has 1 aromatic carbocycles. The maximum Gasteiger partial charge on any atom is 0.411 e. The Balaban J connectivity index is 1.95. The van der Waals surface area contributed by atoms with E-state index < -0.39 is 17.7 Å². The van der Waals surface area contributed by atoms with Crippen molar-refractivity contribution in [1.82, 2.24) is 15.1 Å². The van der Waals surface area contributed by atoms with Gasteiger partial charge < -0.3 is 14.5 Å². The third-order valence-electron chi connectivity index (χ3n) is 3.63. The number of nitrogens with one attached hydrogen (secondary N) is 1. The molecule has 0 bridgehead atoms. The van der Waals surface area contributed by atoms with Crippen LogP contribution in [-0.4, -0.2) is 33.3 Å². The summed E-state index contributed by atoms with van der Waals surface area (Å²) in [6.45, 7) is 8.62. The van der Waals surface area contributed by atoms with Crippen molar-refractivity contribution in [2.24, 2.45) is 0 Å². The lowest BCUT2D eigenvalue weighted by Gasteiger charge is -2.27. The molecule has 1 aromatic heterocycles. The van der Waals surface area contributed by atoms with Crippen LogP contribution in [0.2, 0.25) is 0 Å².